The molecule has 0 radical (unpaired) electrons. The van der Waals surface area contributed by atoms with Gasteiger partial charge in [0.1, 0.15) is 0 Å². The molecule has 2 aromatic rings. The van der Waals surface area contributed by atoms with E-state index in [1.807, 2.05) is 42.5 Å². The number of nitriles is 1. The summed E-state index contributed by atoms with van der Waals surface area (Å²) in [4.78, 5) is 2.21. The van der Waals surface area contributed by atoms with Crippen LogP contribution in [0.25, 0.3) is 0 Å². The summed E-state index contributed by atoms with van der Waals surface area (Å²) in [5.41, 5.74) is 2.20. The van der Waals surface area contributed by atoms with Gasteiger partial charge in [-0.1, -0.05) is 42.5 Å². The number of nitrogens with zero attached hydrogens (tertiary/aromatic N) is 2. The highest BCUT2D eigenvalue weighted by atomic mass is 15.2. The van der Waals surface area contributed by atoms with Crippen LogP contribution in [0.2, 0.25) is 0 Å². The maximum absolute atomic E-state index is 9.10. The first kappa shape index (κ1) is 13.9. The Balaban J connectivity index is 2.43. The molecular weight excluding hydrogens is 244 g/mol. The lowest BCUT2D eigenvalue weighted by molar-refractivity contribution is 0.675. The molecule has 0 aromatic heterocycles. The standard InChI is InChI=1S/C18H18N2/c1-2-9-16(14-15-19)20(17-10-5-3-6-11-17)18-12-7-4-8-13-18/h2-8,10-13,16H,1,9,14H2. The Hall–Kier alpha value is -2.53. The number of hydrogen-bond acceptors (Lipinski definition) is 2. The van der Waals surface area contributed by atoms with Crippen LogP contribution in [0.4, 0.5) is 11.4 Å². The van der Waals surface area contributed by atoms with Gasteiger partial charge in [0.05, 0.1) is 18.5 Å². The van der Waals surface area contributed by atoms with E-state index in [9.17, 15) is 0 Å². The number of para-hydroxylation sites is 2. The number of rotatable bonds is 6. The topological polar surface area (TPSA) is 27.0 Å². The van der Waals surface area contributed by atoms with Gasteiger partial charge in [-0.15, -0.1) is 6.58 Å². The summed E-state index contributed by atoms with van der Waals surface area (Å²) in [5, 5.41) is 9.10. The van der Waals surface area contributed by atoms with E-state index >= 15 is 0 Å². The molecule has 0 amide bonds. The van der Waals surface area contributed by atoms with Crippen LogP contribution in [-0.2, 0) is 0 Å². The molecule has 0 spiro atoms. The molecule has 0 saturated carbocycles. The van der Waals surface area contributed by atoms with Crippen LogP contribution in [0.3, 0.4) is 0 Å². The zero-order valence-corrected chi connectivity index (χ0v) is 11.4. The second kappa shape index (κ2) is 7.16. The van der Waals surface area contributed by atoms with Crippen molar-refractivity contribution in [3.8, 4) is 6.07 Å². The van der Waals surface area contributed by atoms with Crippen LogP contribution < -0.4 is 4.90 Å². The Bertz CT molecular complexity index is 530. The van der Waals surface area contributed by atoms with E-state index in [0.717, 1.165) is 17.8 Å². The third-order valence-electron chi connectivity index (χ3n) is 3.20. The molecule has 0 N–H and O–H groups in total. The molecule has 20 heavy (non-hydrogen) atoms. The van der Waals surface area contributed by atoms with Crippen molar-refractivity contribution in [3.05, 3.63) is 73.3 Å². The molecule has 2 rings (SSSR count). The molecule has 0 saturated heterocycles. The van der Waals surface area contributed by atoms with Crippen molar-refractivity contribution in [2.75, 3.05) is 4.90 Å². The van der Waals surface area contributed by atoms with Crippen LogP contribution in [0.5, 0.6) is 0 Å². The number of anilines is 2. The molecule has 1 unspecified atom stereocenters. The van der Waals surface area contributed by atoms with E-state index in [1.54, 1.807) is 0 Å². The lowest BCUT2D eigenvalue weighted by Gasteiger charge is -2.32. The second-order valence-electron chi connectivity index (χ2n) is 4.58. The van der Waals surface area contributed by atoms with Gasteiger partial charge in [0.15, 0.2) is 0 Å². The van der Waals surface area contributed by atoms with E-state index in [2.05, 4.69) is 41.8 Å². The fourth-order valence-corrected chi connectivity index (χ4v) is 2.33. The summed E-state index contributed by atoms with van der Waals surface area (Å²) in [6, 6.07) is 22.7. The van der Waals surface area contributed by atoms with Gasteiger partial charge in [-0.05, 0) is 30.7 Å². The maximum Gasteiger partial charge on any atom is 0.0643 e. The van der Waals surface area contributed by atoms with Gasteiger partial charge in [0, 0.05) is 11.4 Å². The summed E-state index contributed by atoms with van der Waals surface area (Å²) in [7, 11) is 0. The van der Waals surface area contributed by atoms with Crippen molar-refractivity contribution in [2.45, 2.75) is 18.9 Å². The first-order chi connectivity index (χ1) is 9.86. The summed E-state index contributed by atoms with van der Waals surface area (Å²) < 4.78 is 0. The highest BCUT2D eigenvalue weighted by molar-refractivity contribution is 5.64. The summed E-state index contributed by atoms with van der Waals surface area (Å²) >= 11 is 0. The molecule has 0 aliphatic heterocycles. The normalized spacial score (nSPS) is 11.3. The van der Waals surface area contributed by atoms with E-state index in [-0.39, 0.29) is 6.04 Å². The minimum absolute atomic E-state index is 0.0994. The van der Waals surface area contributed by atoms with E-state index in [4.69, 9.17) is 5.26 Å². The van der Waals surface area contributed by atoms with E-state index in [0.29, 0.717) is 6.42 Å². The zero-order chi connectivity index (χ0) is 14.2. The fraction of sp³-hybridized carbons (Fsp3) is 0.167. The maximum atomic E-state index is 9.10. The summed E-state index contributed by atoms with van der Waals surface area (Å²) in [5.74, 6) is 0. The largest absolute Gasteiger partial charge is 0.337 e. The van der Waals surface area contributed by atoms with Crippen molar-refractivity contribution in [3.63, 3.8) is 0 Å². The molecule has 1 atom stereocenters. The van der Waals surface area contributed by atoms with Crippen molar-refractivity contribution in [1.82, 2.24) is 0 Å². The third kappa shape index (κ3) is 3.27. The van der Waals surface area contributed by atoms with Gasteiger partial charge >= 0.3 is 0 Å². The van der Waals surface area contributed by atoms with Gasteiger partial charge in [0.25, 0.3) is 0 Å². The molecule has 100 valence electrons. The lowest BCUT2D eigenvalue weighted by Crippen LogP contribution is -2.30. The van der Waals surface area contributed by atoms with Crippen molar-refractivity contribution in [2.24, 2.45) is 0 Å². The highest BCUT2D eigenvalue weighted by Crippen LogP contribution is 2.29. The van der Waals surface area contributed by atoms with Crippen LogP contribution in [-0.4, -0.2) is 6.04 Å². The van der Waals surface area contributed by atoms with Crippen molar-refractivity contribution >= 4 is 11.4 Å². The minimum Gasteiger partial charge on any atom is -0.337 e. The van der Waals surface area contributed by atoms with Crippen LogP contribution in [0.15, 0.2) is 73.3 Å². The molecule has 2 nitrogen and oxygen atoms in total. The molecule has 0 heterocycles. The van der Waals surface area contributed by atoms with Crippen LogP contribution in [0.1, 0.15) is 12.8 Å². The Morgan fingerprint density at radius 2 is 1.50 bits per heavy atom. The number of benzene rings is 2. The van der Waals surface area contributed by atoms with Gasteiger partial charge in [-0.25, -0.2) is 0 Å². The summed E-state index contributed by atoms with van der Waals surface area (Å²) in [6.45, 7) is 3.82. The predicted molar refractivity (Wildman–Crippen MR) is 83.9 cm³/mol. The summed E-state index contributed by atoms with van der Waals surface area (Å²) in [6.07, 6.45) is 3.12. The predicted octanol–water partition coefficient (Wildman–Crippen LogP) is 4.68. The zero-order valence-electron chi connectivity index (χ0n) is 11.4. The Morgan fingerprint density at radius 3 is 1.90 bits per heavy atom. The Morgan fingerprint density at radius 1 is 1.00 bits per heavy atom. The lowest BCUT2D eigenvalue weighted by atomic mass is 10.1. The SMILES string of the molecule is C=CCC(CC#N)N(c1ccccc1)c1ccccc1. The molecule has 0 aliphatic carbocycles. The first-order valence-corrected chi connectivity index (χ1v) is 6.74. The molecule has 0 fully saturated rings. The smallest absolute Gasteiger partial charge is 0.0643 e. The molecular formula is C18H18N2. The van der Waals surface area contributed by atoms with E-state index in [1.165, 1.54) is 0 Å². The average molecular weight is 262 g/mol. The Kier molecular flexibility index (Phi) is 4.97. The third-order valence-corrected chi connectivity index (χ3v) is 3.20. The van der Waals surface area contributed by atoms with E-state index < -0.39 is 0 Å². The second-order valence-corrected chi connectivity index (χ2v) is 4.58. The van der Waals surface area contributed by atoms with Crippen molar-refractivity contribution in [1.29, 1.82) is 5.26 Å². The highest BCUT2D eigenvalue weighted by Gasteiger charge is 2.19. The molecule has 0 bridgehead atoms. The van der Waals surface area contributed by atoms with Gasteiger partial charge < -0.3 is 4.90 Å². The number of hydrogen-bond donors (Lipinski definition) is 0. The first-order valence-electron chi connectivity index (χ1n) is 6.74. The van der Waals surface area contributed by atoms with Gasteiger partial charge in [0.2, 0.25) is 0 Å². The molecule has 2 aromatic carbocycles. The average Bonchev–Trinajstić information content (AvgIpc) is 2.50. The minimum atomic E-state index is 0.0994. The fourth-order valence-electron chi connectivity index (χ4n) is 2.33. The molecule has 2 heteroatoms. The van der Waals surface area contributed by atoms with Gasteiger partial charge in [-0.3, -0.25) is 0 Å². The van der Waals surface area contributed by atoms with Crippen LogP contribution in [0, 0.1) is 11.3 Å². The molecule has 0 aliphatic rings. The quantitative estimate of drug-likeness (QED) is 0.706. The van der Waals surface area contributed by atoms with Crippen LogP contribution >= 0.6 is 0 Å². The Labute approximate surface area is 120 Å². The monoisotopic (exact) mass is 262 g/mol. The van der Waals surface area contributed by atoms with Crippen molar-refractivity contribution < 1.29 is 0 Å². The van der Waals surface area contributed by atoms with Gasteiger partial charge in [-0.2, -0.15) is 5.26 Å².